The highest BCUT2D eigenvalue weighted by Gasteiger charge is 2.25. The van der Waals surface area contributed by atoms with Gasteiger partial charge in [0, 0.05) is 19.2 Å². The van der Waals surface area contributed by atoms with Crippen molar-refractivity contribution in [2.45, 2.75) is 58.0 Å². The predicted octanol–water partition coefficient (Wildman–Crippen LogP) is 2.58. The van der Waals surface area contributed by atoms with E-state index in [2.05, 4.69) is 19.2 Å². The molecule has 0 aliphatic heterocycles. The Morgan fingerprint density at radius 1 is 1.21 bits per heavy atom. The standard InChI is InChI=1S/C12H25NO/c1-4-11(8-10-6-7-10)13-12(5-2)9-14-3/h10-13H,4-9H2,1-3H3. The first-order valence-electron chi connectivity index (χ1n) is 6.05. The van der Waals surface area contributed by atoms with Gasteiger partial charge in [-0.05, 0) is 25.2 Å². The number of ether oxygens (including phenoxy) is 1. The minimum Gasteiger partial charge on any atom is -0.383 e. The summed E-state index contributed by atoms with van der Waals surface area (Å²) in [5.41, 5.74) is 0. The van der Waals surface area contributed by atoms with Crippen LogP contribution in [-0.4, -0.2) is 25.8 Å². The SMILES string of the molecule is CCC(COC)NC(CC)CC1CC1. The van der Waals surface area contributed by atoms with E-state index in [-0.39, 0.29) is 0 Å². The van der Waals surface area contributed by atoms with Crippen LogP contribution in [0.3, 0.4) is 0 Å². The summed E-state index contributed by atoms with van der Waals surface area (Å²) in [4.78, 5) is 0. The van der Waals surface area contributed by atoms with Gasteiger partial charge in [0.2, 0.25) is 0 Å². The molecule has 84 valence electrons. The van der Waals surface area contributed by atoms with Crippen LogP contribution in [0.4, 0.5) is 0 Å². The summed E-state index contributed by atoms with van der Waals surface area (Å²) in [6.45, 7) is 5.35. The smallest absolute Gasteiger partial charge is 0.0615 e. The van der Waals surface area contributed by atoms with Gasteiger partial charge in [0.1, 0.15) is 0 Å². The first-order chi connectivity index (χ1) is 6.80. The monoisotopic (exact) mass is 199 g/mol. The van der Waals surface area contributed by atoms with E-state index in [4.69, 9.17) is 4.74 Å². The molecule has 0 aromatic carbocycles. The zero-order valence-corrected chi connectivity index (χ0v) is 9.88. The Morgan fingerprint density at radius 2 is 1.86 bits per heavy atom. The largest absolute Gasteiger partial charge is 0.383 e. The van der Waals surface area contributed by atoms with E-state index in [0.29, 0.717) is 12.1 Å². The molecule has 2 atom stereocenters. The van der Waals surface area contributed by atoms with Crippen molar-refractivity contribution >= 4 is 0 Å². The molecule has 2 heteroatoms. The van der Waals surface area contributed by atoms with E-state index in [1.54, 1.807) is 7.11 Å². The molecule has 1 aliphatic rings. The van der Waals surface area contributed by atoms with E-state index in [1.165, 1.54) is 25.7 Å². The van der Waals surface area contributed by atoms with E-state index in [0.717, 1.165) is 18.9 Å². The Kier molecular flexibility index (Phi) is 5.49. The predicted molar refractivity (Wildman–Crippen MR) is 60.5 cm³/mol. The first-order valence-corrected chi connectivity index (χ1v) is 6.05. The van der Waals surface area contributed by atoms with Crippen molar-refractivity contribution in [3.63, 3.8) is 0 Å². The number of hydrogen-bond acceptors (Lipinski definition) is 2. The van der Waals surface area contributed by atoms with Crippen molar-refractivity contribution in [2.75, 3.05) is 13.7 Å². The van der Waals surface area contributed by atoms with Gasteiger partial charge in [-0.3, -0.25) is 0 Å². The molecule has 1 fully saturated rings. The van der Waals surface area contributed by atoms with Crippen LogP contribution < -0.4 is 5.32 Å². The summed E-state index contributed by atoms with van der Waals surface area (Å²) < 4.78 is 5.20. The molecule has 0 amide bonds. The molecule has 14 heavy (non-hydrogen) atoms. The Hall–Kier alpha value is -0.0800. The van der Waals surface area contributed by atoms with E-state index in [9.17, 15) is 0 Å². The van der Waals surface area contributed by atoms with Gasteiger partial charge in [-0.2, -0.15) is 0 Å². The van der Waals surface area contributed by atoms with Gasteiger partial charge >= 0.3 is 0 Å². The maximum Gasteiger partial charge on any atom is 0.0615 e. The molecular weight excluding hydrogens is 174 g/mol. The topological polar surface area (TPSA) is 21.3 Å². The summed E-state index contributed by atoms with van der Waals surface area (Å²) in [6, 6.07) is 1.26. The summed E-state index contributed by atoms with van der Waals surface area (Å²) in [5, 5.41) is 3.70. The molecule has 1 saturated carbocycles. The average Bonchev–Trinajstić information content (AvgIpc) is 2.99. The molecule has 1 aliphatic carbocycles. The van der Waals surface area contributed by atoms with Gasteiger partial charge in [-0.15, -0.1) is 0 Å². The molecule has 0 saturated heterocycles. The van der Waals surface area contributed by atoms with Crippen molar-refractivity contribution in [1.29, 1.82) is 0 Å². The summed E-state index contributed by atoms with van der Waals surface area (Å²) >= 11 is 0. The highest BCUT2D eigenvalue weighted by Crippen LogP contribution is 2.34. The van der Waals surface area contributed by atoms with Crippen molar-refractivity contribution in [2.24, 2.45) is 5.92 Å². The lowest BCUT2D eigenvalue weighted by atomic mass is 10.1. The van der Waals surface area contributed by atoms with Gasteiger partial charge in [0.25, 0.3) is 0 Å². The molecule has 1 N–H and O–H groups in total. The molecular formula is C12H25NO. The zero-order chi connectivity index (χ0) is 10.4. The molecule has 2 unspecified atom stereocenters. The maximum absolute atomic E-state index is 5.20. The highest BCUT2D eigenvalue weighted by molar-refractivity contribution is 4.81. The Balaban J connectivity index is 2.20. The second-order valence-electron chi connectivity index (χ2n) is 4.51. The minimum absolute atomic E-state index is 0.545. The van der Waals surface area contributed by atoms with Gasteiger partial charge in [0.05, 0.1) is 6.61 Å². The van der Waals surface area contributed by atoms with E-state index in [1.807, 2.05) is 0 Å². The summed E-state index contributed by atoms with van der Waals surface area (Å²) in [7, 11) is 1.78. The first kappa shape index (κ1) is 12.0. The lowest BCUT2D eigenvalue weighted by Crippen LogP contribution is -2.40. The van der Waals surface area contributed by atoms with Crippen LogP contribution >= 0.6 is 0 Å². The van der Waals surface area contributed by atoms with Crippen LogP contribution in [0, 0.1) is 5.92 Å². The Morgan fingerprint density at radius 3 is 2.29 bits per heavy atom. The van der Waals surface area contributed by atoms with Crippen molar-refractivity contribution in [3.05, 3.63) is 0 Å². The molecule has 0 heterocycles. The second kappa shape index (κ2) is 6.41. The fraction of sp³-hybridized carbons (Fsp3) is 1.00. The molecule has 0 bridgehead atoms. The maximum atomic E-state index is 5.20. The number of rotatable bonds is 8. The Bertz CT molecular complexity index is 145. The zero-order valence-electron chi connectivity index (χ0n) is 9.88. The van der Waals surface area contributed by atoms with Crippen LogP contribution in [0.15, 0.2) is 0 Å². The lowest BCUT2D eigenvalue weighted by Gasteiger charge is -2.23. The van der Waals surface area contributed by atoms with Crippen molar-refractivity contribution in [1.82, 2.24) is 5.32 Å². The van der Waals surface area contributed by atoms with Crippen LogP contribution in [0.5, 0.6) is 0 Å². The molecule has 0 aromatic rings. The third-order valence-corrected chi connectivity index (χ3v) is 3.14. The molecule has 2 nitrogen and oxygen atoms in total. The van der Waals surface area contributed by atoms with Crippen LogP contribution in [0.1, 0.15) is 46.0 Å². The minimum atomic E-state index is 0.545. The van der Waals surface area contributed by atoms with Crippen LogP contribution in [-0.2, 0) is 4.74 Å². The van der Waals surface area contributed by atoms with Gasteiger partial charge in [-0.25, -0.2) is 0 Å². The highest BCUT2D eigenvalue weighted by atomic mass is 16.5. The van der Waals surface area contributed by atoms with Gasteiger partial charge in [0.15, 0.2) is 0 Å². The summed E-state index contributed by atoms with van der Waals surface area (Å²) in [5.74, 6) is 1.02. The van der Waals surface area contributed by atoms with Gasteiger partial charge < -0.3 is 10.1 Å². The molecule has 0 aromatic heterocycles. The fourth-order valence-corrected chi connectivity index (χ4v) is 1.93. The van der Waals surface area contributed by atoms with Gasteiger partial charge in [-0.1, -0.05) is 26.7 Å². The van der Waals surface area contributed by atoms with Crippen molar-refractivity contribution in [3.8, 4) is 0 Å². The van der Waals surface area contributed by atoms with E-state index < -0.39 is 0 Å². The molecule has 0 radical (unpaired) electrons. The number of methoxy groups -OCH3 is 1. The molecule has 0 spiro atoms. The number of hydrogen-bond donors (Lipinski definition) is 1. The number of nitrogens with one attached hydrogen (secondary N) is 1. The van der Waals surface area contributed by atoms with Crippen molar-refractivity contribution < 1.29 is 4.74 Å². The second-order valence-corrected chi connectivity index (χ2v) is 4.51. The Labute approximate surface area is 88.4 Å². The third kappa shape index (κ3) is 4.43. The average molecular weight is 199 g/mol. The fourth-order valence-electron chi connectivity index (χ4n) is 1.93. The quantitative estimate of drug-likeness (QED) is 0.649. The van der Waals surface area contributed by atoms with Crippen LogP contribution in [0.25, 0.3) is 0 Å². The van der Waals surface area contributed by atoms with E-state index >= 15 is 0 Å². The third-order valence-electron chi connectivity index (χ3n) is 3.14. The van der Waals surface area contributed by atoms with Crippen LogP contribution in [0.2, 0.25) is 0 Å². The molecule has 1 rings (SSSR count). The summed E-state index contributed by atoms with van der Waals surface area (Å²) in [6.07, 6.45) is 6.70. The normalized spacial score (nSPS) is 20.8. The lowest BCUT2D eigenvalue weighted by molar-refractivity contribution is 0.156.